The van der Waals surface area contributed by atoms with Gasteiger partial charge in [-0.05, 0) is 30.7 Å². The summed E-state index contributed by atoms with van der Waals surface area (Å²) in [5.74, 6) is -0.436. The fraction of sp³-hybridized carbons (Fsp3) is 0.312. The molecule has 1 saturated heterocycles. The maximum atomic E-state index is 12.8. The predicted octanol–water partition coefficient (Wildman–Crippen LogP) is 0.425. The Balaban J connectivity index is 1.87. The summed E-state index contributed by atoms with van der Waals surface area (Å²) in [6, 6.07) is 6.83. The van der Waals surface area contributed by atoms with Crippen molar-refractivity contribution in [2.75, 3.05) is 12.9 Å². The smallest absolute Gasteiger partial charge is 0.241 e. The second kappa shape index (κ2) is 5.16. The van der Waals surface area contributed by atoms with Gasteiger partial charge in [-0.2, -0.15) is 0 Å². The van der Waals surface area contributed by atoms with Crippen molar-refractivity contribution in [2.45, 2.75) is 18.3 Å². The third-order valence-corrected chi connectivity index (χ3v) is 6.52. The van der Waals surface area contributed by atoms with Crippen molar-refractivity contribution in [3.8, 4) is 17.1 Å². The number of benzene rings is 1. The molecular weight excluding hydrogens is 346 g/mol. The van der Waals surface area contributed by atoms with Crippen LogP contribution in [-0.2, 0) is 25.0 Å². The third kappa shape index (κ3) is 2.19. The summed E-state index contributed by atoms with van der Waals surface area (Å²) < 4.78 is 31.8. The summed E-state index contributed by atoms with van der Waals surface area (Å²) in [6.45, 7) is 0. The topological polar surface area (TPSA) is 107 Å². The molecule has 0 bridgehead atoms. The first-order valence-corrected chi connectivity index (χ1v) is 9.28. The molecule has 2 aliphatic rings. The normalized spacial score (nSPS) is 24.2. The molecule has 130 valence electrons. The average Bonchev–Trinajstić information content (AvgIpc) is 3.12. The Morgan fingerprint density at radius 1 is 1.24 bits per heavy atom. The van der Waals surface area contributed by atoms with Gasteiger partial charge in [-0.15, -0.1) is 0 Å². The average molecular weight is 361 g/mol. The molecule has 9 heteroatoms. The van der Waals surface area contributed by atoms with Gasteiger partial charge in [0, 0.05) is 12.0 Å². The van der Waals surface area contributed by atoms with Crippen LogP contribution in [0.15, 0.2) is 30.5 Å². The number of aromatic nitrogens is 2. The first kappa shape index (κ1) is 15.8. The molecule has 1 atom stereocenters. The van der Waals surface area contributed by atoms with Gasteiger partial charge in [0.05, 0.1) is 24.8 Å². The second-order valence-electron chi connectivity index (χ2n) is 6.18. The van der Waals surface area contributed by atoms with E-state index in [1.54, 1.807) is 31.4 Å². The fourth-order valence-corrected chi connectivity index (χ4v) is 5.57. The summed E-state index contributed by atoms with van der Waals surface area (Å²) in [5, 5.41) is 2.25. The van der Waals surface area contributed by atoms with Crippen molar-refractivity contribution in [2.24, 2.45) is 0 Å². The number of hydrogen-bond donors (Lipinski definition) is 1. The van der Waals surface area contributed by atoms with Crippen molar-refractivity contribution < 1.29 is 22.7 Å². The molecule has 2 amide bonds. The maximum absolute atomic E-state index is 12.8. The largest absolute Gasteiger partial charge is 0.497 e. The lowest BCUT2D eigenvalue weighted by Gasteiger charge is -2.29. The van der Waals surface area contributed by atoms with Crippen molar-refractivity contribution in [1.82, 2.24) is 14.3 Å². The van der Waals surface area contributed by atoms with E-state index in [4.69, 9.17) is 4.74 Å². The highest BCUT2D eigenvalue weighted by molar-refractivity contribution is 7.90. The number of amides is 2. The number of nitrogens with one attached hydrogen (secondary N) is 1. The van der Waals surface area contributed by atoms with Crippen LogP contribution in [0.1, 0.15) is 18.5 Å². The van der Waals surface area contributed by atoms with Gasteiger partial charge in [0.25, 0.3) is 0 Å². The Kier molecular flexibility index (Phi) is 3.26. The highest BCUT2D eigenvalue weighted by Gasteiger charge is 2.56. The minimum Gasteiger partial charge on any atom is -0.497 e. The van der Waals surface area contributed by atoms with Crippen molar-refractivity contribution in [3.05, 3.63) is 36.2 Å². The Hall–Kier alpha value is -2.68. The fourth-order valence-electron chi connectivity index (χ4n) is 3.45. The second-order valence-corrected chi connectivity index (χ2v) is 7.99. The van der Waals surface area contributed by atoms with Crippen LogP contribution in [0.3, 0.4) is 0 Å². The number of ether oxygens (including phenoxy) is 1. The third-order valence-electron chi connectivity index (χ3n) is 4.73. The lowest BCUT2D eigenvalue weighted by molar-refractivity contribution is -0.137. The summed E-state index contributed by atoms with van der Waals surface area (Å²) >= 11 is 0. The highest BCUT2D eigenvalue weighted by atomic mass is 32.2. The van der Waals surface area contributed by atoms with Crippen LogP contribution in [0.4, 0.5) is 0 Å². The number of hydrogen-bond acceptors (Lipinski definition) is 6. The van der Waals surface area contributed by atoms with Crippen LogP contribution in [0.2, 0.25) is 0 Å². The molecule has 0 radical (unpaired) electrons. The van der Waals surface area contributed by atoms with Crippen LogP contribution < -0.4 is 10.1 Å². The lowest BCUT2D eigenvalue weighted by atomic mass is 9.79. The Labute approximate surface area is 143 Å². The zero-order valence-electron chi connectivity index (χ0n) is 13.4. The minimum atomic E-state index is -3.76. The number of nitrogens with zero attached hydrogens (tertiary/aromatic N) is 2. The van der Waals surface area contributed by atoms with E-state index in [1.165, 1.54) is 6.20 Å². The number of carbonyl (C=O) groups is 2. The van der Waals surface area contributed by atoms with Gasteiger partial charge in [0.15, 0.2) is 5.82 Å². The highest BCUT2D eigenvalue weighted by Crippen LogP contribution is 2.42. The Morgan fingerprint density at radius 2 is 1.96 bits per heavy atom. The number of carbonyl (C=O) groups excluding carboxylic acids is 2. The van der Waals surface area contributed by atoms with E-state index in [1.807, 2.05) is 0 Å². The first-order valence-electron chi connectivity index (χ1n) is 7.67. The van der Waals surface area contributed by atoms with Gasteiger partial charge >= 0.3 is 0 Å². The first-order chi connectivity index (χ1) is 11.9. The number of piperidine rings is 1. The molecular formula is C16H15N3O5S. The number of methoxy groups -OCH3 is 1. The summed E-state index contributed by atoms with van der Waals surface area (Å²) in [7, 11) is -2.22. The van der Waals surface area contributed by atoms with E-state index in [0.717, 1.165) is 3.97 Å². The number of imidazole rings is 1. The molecule has 1 aromatic carbocycles. The standard InChI is InChI=1S/C16H15N3O5S/c1-24-11-4-2-10(3-5-11)14-17-8-12-16(9-25(22,23)19(12)14)7-6-13(20)18-15(16)21/h2-5,8H,6-7,9H2,1H3,(H,18,20,21). The Bertz CT molecular complexity index is 993. The Morgan fingerprint density at radius 3 is 2.60 bits per heavy atom. The van der Waals surface area contributed by atoms with Crippen molar-refractivity contribution >= 4 is 21.8 Å². The molecule has 1 fully saturated rings. The minimum absolute atomic E-state index is 0.101. The van der Waals surface area contributed by atoms with E-state index in [-0.39, 0.29) is 30.3 Å². The van der Waals surface area contributed by atoms with Crippen LogP contribution in [0.5, 0.6) is 5.75 Å². The number of fused-ring (bicyclic) bond motifs is 2. The zero-order valence-corrected chi connectivity index (χ0v) is 14.2. The quantitative estimate of drug-likeness (QED) is 0.777. The molecule has 0 aliphatic carbocycles. The molecule has 0 saturated carbocycles. The molecule has 1 spiro atoms. The van der Waals surface area contributed by atoms with E-state index >= 15 is 0 Å². The van der Waals surface area contributed by atoms with Gasteiger partial charge in [-0.1, -0.05) is 0 Å². The maximum Gasteiger partial charge on any atom is 0.241 e. The summed E-state index contributed by atoms with van der Waals surface area (Å²) in [4.78, 5) is 28.2. The van der Waals surface area contributed by atoms with Crippen molar-refractivity contribution in [1.29, 1.82) is 0 Å². The van der Waals surface area contributed by atoms with Gasteiger partial charge in [0.1, 0.15) is 11.2 Å². The van der Waals surface area contributed by atoms with Crippen LogP contribution in [0.25, 0.3) is 11.4 Å². The number of rotatable bonds is 2. The molecule has 4 rings (SSSR count). The van der Waals surface area contributed by atoms with E-state index < -0.39 is 21.3 Å². The lowest BCUT2D eigenvalue weighted by Crippen LogP contribution is -2.52. The van der Waals surface area contributed by atoms with Crippen molar-refractivity contribution in [3.63, 3.8) is 0 Å². The molecule has 3 heterocycles. The molecule has 2 aromatic rings. The van der Waals surface area contributed by atoms with Crippen LogP contribution in [0, 0.1) is 0 Å². The zero-order chi connectivity index (χ0) is 17.8. The number of imide groups is 1. The molecule has 2 aliphatic heterocycles. The SMILES string of the molecule is COc1ccc(-c2ncc3n2S(=O)(=O)CC32CCC(=O)NC2=O)cc1. The van der Waals surface area contributed by atoms with E-state index in [0.29, 0.717) is 17.0 Å². The molecule has 1 aromatic heterocycles. The monoisotopic (exact) mass is 361 g/mol. The molecule has 8 nitrogen and oxygen atoms in total. The van der Waals surface area contributed by atoms with Crippen LogP contribution in [-0.4, -0.2) is 42.1 Å². The van der Waals surface area contributed by atoms with Gasteiger partial charge in [0.2, 0.25) is 21.8 Å². The van der Waals surface area contributed by atoms with Crippen LogP contribution >= 0.6 is 0 Å². The van der Waals surface area contributed by atoms with Gasteiger partial charge < -0.3 is 4.74 Å². The molecule has 1 unspecified atom stereocenters. The molecule has 1 N–H and O–H groups in total. The van der Waals surface area contributed by atoms with Gasteiger partial charge in [-0.3, -0.25) is 14.9 Å². The summed E-state index contributed by atoms with van der Waals surface area (Å²) in [6.07, 6.45) is 1.68. The van der Waals surface area contributed by atoms with Gasteiger partial charge in [-0.25, -0.2) is 17.4 Å². The van der Waals surface area contributed by atoms with E-state index in [9.17, 15) is 18.0 Å². The van der Waals surface area contributed by atoms with E-state index in [2.05, 4.69) is 10.3 Å². The predicted molar refractivity (Wildman–Crippen MR) is 87.5 cm³/mol. The summed E-state index contributed by atoms with van der Waals surface area (Å²) in [5.41, 5.74) is -0.354. The molecule has 25 heavy (non-hydrogen) atoms.